The van der Waals surface area contributed by atoms with Crippen LogP contribution in [0.2, 0.25) is 0 Å². The quantitative estimate of drug-likeness (QED) is 0.793. The Hall–Kier alpha value is -2.68. The number of alkyl halides is 3. The molecule has 148 valence electrons. The van der Waals surface area contributed by atoms with Crippen molar-refractivity contribution in [3.05, 3.63) is 54.1 Å². The topological polar surface area (TPSA) is 58.6 Å². The summed E-state index contributed by atoms with van der Waals surface area (Å²) >= 11 is 1.44. The maximum Gasteiger partial charge on any atom is 0.422 e. The van der Waals surface area contributed by atoms with E-state index in [0.29, 0.717) is 11.3 Å². The molecule has 3 rings (SSSR count). The molecule has 2 aromatic rings. The molecule has 0 spiro atoms. The number of hydrogen-bond donors (Lipinski definition) is 1. The Morgan fingerprint density at radius 2 is 1.86 bits per heavy atom. The molecule has 0 atom stereocenters. The first-order chi connectivity index (χ1) is 13.3. The Balaban J connectivity index is 1.53. The van der Waals surface area contributed by atoms with E-state index in [2.05, 4.69) is 10.1 Å². The zero-order valence-electron chi connectivity index (χ0n) is 14.7. The van der Waals surface area contributed by atoms with Crippen LogP contribution in [-0.2, 0) is 16.1 Å². The van der Waals surface area contributed by atoms with Gasteiger partial charge >= 0.3 is 6.18 Å². The fourth-order valence-corrected chi connectivity index (χ4v) is 3.53. The summed E-state index contributed by atoms with van der Waals surface area (Å²) in [5.41, 5.74) is 1.42. The van der Waals surface area contributed by atoms with E-state index in [1.807, 2.05) is 18.2 Å². The molecule has 1 aliphatic heterocycles. The Bertz CT molecular complexity index is 856. The number of hydrogen-bond acceptors (Lipinski definition) is 4. The second kappa shape index (κ2) is 8.55. The number of benzene rings is 2. The molecular formula is C19H17F3N2O3S. The number of carbonyl (C=O) groups is 2. The van der Waals surface area contributed by atoms with Gasteiger partial charge in [-0.2, -0.15) is 13.2 Å². The first-order valence-corrected chi connectivity index (χ1v) is 9.38. The van der Waals surface area contributed by atoms with E-state index in [4.69, 9.17) is 0 Å². The number of para-hydroxylation sites is 1. The summed E-state index contributed by atoms with van der Waals surface area (Å²) in [6, 6.07) is 13.4. The Kier molecular flexibility index (Phi) is 6.13. The number of rotatable bonds is 6. The summed E-state index contributed by atoms with van der Waals surface area (Å²) in [5, 5.41) is 2.71. The minimum atomic E-state index is -4.39. The molecule has 2 amide bonds. The maximum absolute atomic E-state index is 12.3. The number of carbonyl (C=O) groups excluding carboxylic acids is 2. The minimum absolute atomic E-state index is 0.0941. The van der Waals surface area contributed by atoms with Gasteiger partial charge in [0, 0.05) is 11.4 Å². The molecule has 2 aromatic carbocycles. The van der Waals surface area contributed by atoms with Crippen molar-refractivity contribution in [2.75, 3.05) is 23.8 Å². The fraction of sp³-hybridized carbons (Fsp3) is 0.263. The van der Waals surface area contributed by atoms with Crippen molar-refractivity contribution in [2.45, 2.75) is 17.6 Å². The highest BCUT2D eigenvalue weighted by atomic mass is 32.2. The predicted molar refractivity (Wildman–Crippen MR) is 99.4 cm³/mol. The minimum Gasteiger partial charge on any atom is -0.484 e. The van der Waals surface area contributed by atoms with Gasteiger partial charge < -0.3 is 15.0 Å². The number of nitrogens with one attached hydrogen (secondary N) is 1. The number of fused-ring (bicyclic) bond motifs is 1. The van der Waals surface area contributed by atoms with Gasteiger partial charge in [0.15, 0.2) is 6.61 Å². The first-order valence-electron chi connectivity index (χ1n) is 8.39. The summed E-state index contributed by atoms with van der Waals surface area (Å²) in [4.78, 5) is 26.8. The van der Waals surface area contributed by atoms with Crippen LogP contribution in [0, 0.1) is 0 Å². The molecule has 1 heterocycles. The van der Waals surface area contributed by atoms with Crippen molar-refractivity contribution < 1.29 is 27.5 Å². The Morgan fingerprint density at radius 1 is 1.14 bits per heavy atom. The highest BCUT2D eigenvalue weighted by Crippen LogP contribution is 2.34. The van der Waals surface area contributed by atoms with E-state index >= 15 is 0 Å². The zero-order chi connectivity index (χ0) is 20.1. The van der Waals surface area contributed by atoms with Crippen molar-refractivity contribution in [3.63, 3.8) is 0 Å². The normalized spacial score (nSPS) is 13.8. The zero-order valence-corrected chi connectivity index (χ0v) is 15.5. The molecule has 0 aliphatic carbocycles. The van der Waals surface area contributed by atoms with Gasteiger partial charge in [-0.3, -0.25) is 9.59 Å². The van der Waals surface area contributed by atoms with Crippen LogP contribution in [0.3, 0.4) is 0 Å². The number of amides is 2. The van der Waals surface area contributed by atoms with Gasteiger partial charge in [0.05, 0.1) is 11.4 Å². The van der Waals surface area contributed by atoms with Crippen LogP contribution in [0.5, 0.6) is 5.75 Å². The van der Waals surface area contributed by atoms with Crippen molar-refractivity contribution in [1.29, 1.82) is 0 Å². The lowest BCUT2D eigenvalue weighted by Gasteiger charge is -2.28. The van der Waals surface area contributed by atoms with Gasteiger partial charge in [0.25, 0.3) is 0 Å². The summed E-state index contributed by atoms with van der Waals surface area (Å²) in [5.74, 6) is -0.0816. The standard InChI is InChI=1S/C19H17F3N2O3S/c20-19(21,22)12-27-14-7-5-13(6-8-14)9-23-17(25)10-24-15-3-1-2-4-16(15)28-11-18(24)26/h1-8H,9-12H2,(H,23,25). The SMILES string of the molecule is O=C(CN1C(=O)CSc2ccccc21)NCc1ccc(OCC(F)(F)F)cc1. The molecule has 0 aromatic heterocycles. The molecule has 0 radical (unpaired) electrons. The van der Waals surface area contributed by atoms with Crippen molar-refractivity contribution in [1.82, 2.24) is 5.32 Å². The Labute approximate surface area is 163 Å². The number of ether oxygens (including phenoxy) is 1. The third kappa shape index (κ3) is 5.41. The lowest BCUT2D eigenvalue weighted by molar-refractivity contribution is -0.153. The van der Waals surface area contributed by atoms with E-state index < -0.39 is 12.8 Å². The van der Waals surface area contributed by atoms with E-state index in [1.165, 1.54) is 28.8 Å². The van der Waals surface area contributed by atoms with Gasteiger partial charge in [0.1, 0.15) is 12.3 Å². The van der Waals surface area contributed by atoms with E-state index in [0.717, 1.165) is 4.90 Å². The molecule has 0 unspecified atom stereocenters. The lowest BCUT2D eigenvalue weighted by atomic mass is 10.2. The highest BCUT2D eigenvalue weighted by Gasteiger charge is 2.28. The van der Waals surface area contributed by atoms with Crippen molar-refractivity contribution in [3.8, 4) is 5.75 Å². The van der Waals surface area contributed by atoms with Crippen LogP contribution in [0.15, 0.2) is 53.4 Å². The van der Waals surface area contributed by atoms with Gasteiger partial charge in [-0.25, -0.2) is 0 Å². The van der Waals surface area contributed by atoms with Crippen LogP contribution in [0.4, 0.5) is 18.9 Å². The fourth-order valence-electron chi connectivity index (χ4n) is 2.60. The predicted octanol–water partition coefficient (Wildman–Crippen LogP) is 3.38. The molecule has 9 heteroatoms. The highest BCUT2D eigenvalue weighted by molar-refractivity contribution is 8.00. The number of nitrogens with zero attached hydrogens (tertiary/aromatic N) is 1. The molecule has 1 N–H and O–H groups in total. The summed E-state index contributed by atoms with van der Waals surface area (Å²) in [6.07, 6.45) is -4.39. The molecule has 28 heavy (non-hydrogen) atoms. The van der Waals surface area contributed by atoms with Crippen LogP contribution in [0.1, 0.15) is 5.56 Å². The molecular weight excluding hydrogens is 393 g/mol. The third-order valence-corrected chi connectivity index (χ3v) is 4.97. The first kappa shape index (κ1) is 20.1. The third-order valence-electron chi connectivity index (χ3n) is 3.93. The molecule has 0 saturated carbocycles. The van der Waals surface area contributed by atoms with Crippen LogP contribution >= 0.6 is 11.8 Å². The smallest absolute Gasteiger partial charge is 0.422 e. The van der Waals surface area contributed by atoms with E-state index in [9.17, 15) is 22.8 Å². The monoisotopic (exact) mass is 410 g/mol. The van der Waals surface area contributed by atoms with Crippen molar-refractivity contribution in [2.24, 2.45) is 0 Å². The molecule has 0 saturated heterocycles. The van der Waals surface area contributed by atoms with Crippen LogP contribution in [0.25, 0.3) is 0 Å². The largest absolute Gasteiger partial charge is 0.484 e. The Morgan fingerprint density at radius 3 is 2.57 bits per heavy atom. The lowest BCUT2D eigenvalue weighted by Crippen LogP contribution is -2.43. The van der Waals surface area contributed by atoms with Crippen LogP contribution < -0.4 is 15.0 Å². The van der Waals surface area contributed by atoms with Crippen molar-refractivity contribution >= 4 is 29.3 Å². The molecule has 5 nitrogen and oxygen atoms in total. The van der Waals surface area contributed by atoms with Gasteiger partial charge in [-0.15, -0.1) is 11.8 Å². The average Bonchev–Trinajstić information content (AvgIpc) is 2.67. The number of thioether (sulfide) groups is 1. The molecule has 1 aliphatic rings. The van der Waals surface area contributed by atoms with Gasteiger partial charge in [-0.05, 0) is 29.8 Å². The van der Waals surface area contributed by atoms with Gasteiger partial charge in [-0.1, -0.05) is 24.3 Å². The van der Waals surface area contributed by atoms with E-state index in [-0.39, 0.29) is 36.4 Å². The maximum atomic E-state index is 12.3. The summed E-state index contributed by atoms with van der Waals surface area (Å²) < 4.78 is 41.1. The number of halogens is 3. The van der Waals surface area contributed by atoms with Gasteiger partial charge in [0.2, 0.25) is 11.8 Å². The second-order valence-corrected chi connectivity index (χ2v) is 7.08. The summed E-state index contributed by atoms with van der Waals surface area (Å²) in [6.45, 7) is -1.26. The second-order valence-electron chi connectivity index (χ2n) is 6.06. The number of anilines is 1. The summed E-state index contributed by atoms with van der Waals surface area (Å²) in [7, 11) is 0. The van der Waals surface area contributed by atoms with E-state index in [1.54, 1.807) is 18.2 Å². The molecule has 0 bridgehead atoms. The van der Waals surface area contributed by atoms with Crippen LogP contribution in [-0.4, -0.2) is 36.9 Å². The molecule has 0 fully saturated rings. The average molecular weight is 410 g/mol.